The summed E-state index contributed by atoms with van der Waals surface area (Å²) in [5.41, 5.74) is 0. The zero-order valence-electron chi connectivity index (χ0n) is 17.5. The number of aliphatic carboxylic acids is 2. The van der Waals surface area contributed by atoms with E-state index < -0.39 is 99.9 Å². The molecule has 0 saturated carbocycles. The average Bonchev–Trinajstić information content (AvgIpc) is 2.81. The molecule has 19 heteroatoms. The molecule has 6 unspecified atom stereocenters. The van der Waals surface area contributed by atoms with Gasteiger partial charge in [0.15, 0.2) is 0 Å². The zero-order valence-corrected chi connectivity index (χ0v) is 26.6. The summed E-state index contributed by atoms with van der Waals surface area (Å²) in [7, 11) is 0. The lowest BCUT2D eigenvalue weighted by Crippen LogP contribution is -2.43. The topological polar surface area (TPSA) is 118 Å². The van der Waals surface area contributed by atoms with Crippen molar-refractivity contribution in [3.8, 4) is 0 Å². The maximum Gasteiger partial charge on any atom is 0.318 e. The van der Waals surface area contributed by atoms with Gasteiger partial charge in [0.25, 0.3) is 0 Å². The van der Waals surface area contributed by atoms with E-state index in [2.05, 4.69) is 0 Å². The fourth-order valence-electron chi connectivity index (χ4n) is 2.65. The van der Waals surface area contributed by atoms with Gasteiger partial charge in [-0.2, -0.15) is 0 Å². The van der Waals surface area contributed by atoms with E-state index in [9.17, 15) is 29.4 Å². The first-order valence-corrected chi connectivity index (χ1v) is 14.4. The number of carboxylic acids is 2. The smallest absolute Gasteiger partial charge is 0.318 e. The number of carbonyl (C=O) groups excluding carboxylic acids is 2. The van der Waals surface area contributed by atoms with E-state index in [0.717, 1.165) is 0 Å². The summed E-state index contributed by atoms with van der Waals surface area (Å²) in [5, 5.41) is 14.0. The van der Waals surface area contributed by atoms with Gasteiger partial charge in [0.05, 0.1) is 54.6 Å². The lowest BCUT2D eigenvalue weighted by molar-refractivity contribution is -0.171. The van der Waals surface area contributed by atoms with Crippen LogP contribution in [-0.2, 0) is 23.9 Å². The predicted molar refractivity (Wildman–Crippen MR) is 150 cm³/mol. The van der Waals surface area contributed by atoms with E-state index in [1.807, 2.05) is 0 Å². The lowest BCUT2D eigenvalue weighted by atomic mass is 9.89. The van der Waals surface area contributed by atoms with Gasteiger partial charge >= 0.3 is 23.9 Å². The number of ether oxygens (including phenoxy) is 1. The Morgan fingerprint density at radius 1 is 0.568 bits per heavy atom. The third kappa shape index (κ3) is 10.8. The van der Waals surface area contributed by atoms with Crippen LogP contribution in [-0.4, -0.2) is 66.3 Å². The molecule has 212 valence electrons. The van der Waals surface area contributed by atoms with Gasteiger partial charge in [0.2, 0.25) is 0 Å². The minimum atomic E-state index is -1.90. The van der Waals surface area contributed by atoms with E-state index >= 15 is 0 Å². The van der Waals surface area contributed by atoms with Crippen molar-refractivity contribution in [2.24, 2.45) is 23.7 Å². The molecule has 0 aromatic rings. The standard InChI is InChI=1S/C18H14Cl12O7/c19-1-3(5(15(31)32)7(21)9(23)11(25)13(27)28)17(35)37-18(36)4(2-20)6(16(33)34)8(22)10(24)12(26)14(29)30/h3-8,13-14H,1-2H2,(H,31,32)(H,33,34)/b11-9+,12-10+. The van der Waals surface area contributed by atoms with Crippen LogP contribution in [0.2, 0.25) is 0 Å². The summed E-state index contributed by atoms with van der Waals surface area (Å²) in [6.45, 7) is 0. The summed E-state index contributed by atoms with van der Waals surface area (Å²) in [5.74, 6) is -15.2. The van der Waals surface area contributed by atoms with Gasteiger partial charge in [-0.3, -0.25) is 19.2 Å². The minimum Gasteiger partial charge on any atom is -0.481 e. The predicted octanol–water partition coefficient (Wildman–Crippen LogP) is 7.37. The zero-order chi connectivity index (χ0) is 29.4. The first-order valence-electron chi connectivity index (χ1n) is 9.23. The minimum absolute atomic E-state index is 0.423. The van der Waals surface area contributed by atoms with Crippen molar-refractivity contribution in [3.05, 3.63) is 20.1 Å². The first kappa shape index (κ1) is 38.0. The molecule has 0 aromatic carbocycles. The number of hydrogen-bond acceptors (Lipinski definition) is 5. The van der Waals surface area contributed by atoms with E-state index in [-0.39, 0.29) is 0 Å². The Kier molecular flexibility index (Phi) is 18.3. The number of allylic oxidation sites excluding steroid dienone is 4. The molecule has 37 heavy (non-hydrogen) atoms. The molecule has 0 aromatic heterocycles. The van der Waals surface area contributed by atoms with Gasteiger partial charge in [0, 0.05) is 11.8 Å². The summed E-state index contributed by atoms with van der Waals surface area (Å²) >= 11 is 69.8. The number of carboxylic acid groups (broad SMARTS) is 2. The second-order valence-corrected chi connectivity index (χ2v) is 12.2. The first-order chi connectivity index (χ1) is 17.0. The molecule has 0 radical (unpaired) electrons. The molecule has 6 atom stereocenters. The summed E-state index contributed by atoms with van der Waals surface area (Å²) in [6.07, 6.45) is 0. The molecular formula is C18H14Cl12O7. The number of rotatable bonds is 14. The Bertz CT molecular complexity index is 851. The van der Waals surface area contributed by atoms with Gasteiger partial charge in [-0.05, 0) is 0 Å². The van der Waals surface area contributed by atoms with Crippen molar-refractivity contribution in [1.29, 1.82) is 0 Å². The quantitative estimate of drug-likeness (QED) is 0.108. The van der Waals surface area contributed by atoms with Crippen LogP contribution in [0.1, 0.15) is 0 Å². The maximum absolute atomic E-state index is 12.8. The summed E-state index contributed by atoms with van der Waals surface area (Å²) in [4.78, 5) is 46.6. The van der Waals surface area contributed by atoms with Gasteiger partial charge in [-0.25, -0.2) is 0 Å². The molecule has 0 spiro atoms. The molecule has 0 aliphatic heterocycles. The Labute approximate surface area is 271 Å². The number of esters is 2. The summed E-state index contributed by atoms with van der Waals surface area (Å²) in [6, 6.07) is 0. The number of hydrogen-bond donors (Lipinski definition) is 2. The average molecular weight is 768 g/mol. The monoisotopic (exact) mass is 762 g/mol. The largest absolute Gasteiger partial charge is 0.481 e. The molecule has 0 bridgehead atoms. The van der Waals surface area contributed by atoms with E-state index in [0.29, 0.717) is 0 Å². The van der Waals surface area contributed by atoms with Crippen LogP contribution in [0.3, 0.4) is 0 Å². The van der Waals surface area contributed by atoms with E-state index in [4.69, 9.17) is 144 Å². The number of carbonyl (C=O) groups is 4. The van der Waals surface area contributed by atoms with Crippen LogP contribution in [0.5, 0.6) is 0 Å². The lowest BCUT2D eigenvalue weighted by Gasteiger charge is -2.27. The highest BCUT2D eigenvalue weighted by Crippen LogP contribution is 2.38. The van der Waals surface area contributed by atoms with Gasteiger partial charge in [-0.15, -0.1) is 46.4 Å². The normalized spacial score (nSPS) is 18.2. The molecule has 0 amide bonds. The molecular weight excluding hydrogens is 754 g/mol. The van der Waals surface area contributed by atoms with Crippen LogP contribution in [0.25, 0.3) is 0 Å². The Hall–Kier alpha value is 1.04. The van der Waals surface area contributed by atoms with Crippen LogP contribution in [0.15, 0.2) is 20.1 Å². The third-order valence-corrected chi connectivity index (χ3v) is 9.63. The van der Waals surface area contributed by atoms with Crippen LogP contribution in [0.4, 0.5) is 0 Å². The third-order valence-electron chi connectivity index (χ3n) is 4.53. The molecule has 7 nitrogen and oxygen atoms in total. The highest BCUT2D eigenvalue weighted by atomic mass is 35.5. The van der Waals surface area contributed by atoms with E-state index in [1.165, 1.54) is 0 Å². The fraction of sp³-hybridized carbons (Fsp3) is 0.556. The summed E-state index contributed by atoms with van der Waals surface area (Å²) < 4.78 is 4.72. The molecule has 0 aliphatic carbocycles. The Morgan fingerprint density at radius 3 is 1.03 bits per heavy atom. The van der Waals surface area contributed by atoms with Gasteiger partial charge in [0.1, 0.15) is 9.67 Å². The van der Waals surface area contributed by atoms with Gasteiger partial charge < -0.3 is 14.9 Å². The molecule has 0 fully saturated rings. The highest BCUT2D eigenvalue weighted by molar-refractivity contribution is 6.56. The van der Waals surface area contributed by atoms with Crippen molar-refractivity contribution < 1.29 is 34.1 Å². The molecule has 2 N–H and O–H groups in total. The van der Waals surface area contributed by atoms with Crippen molar-refractivity contribution in [2.45, 2.75) is 20.4 Å². The highest BCUT2D eigenvalue weighted by Gasteiger charge is 2.46. The SMILES string of the molecule is O=C(OC(=O)C(CCl)C(C(=O)O)C(Cl)/C(Cl)=C(\Cl)C(Cl)Cl)C(CCl)C(C(=O)O)C(Cl)/C(Cl)=C(\Cl)C(Cl)Cl. The Balaban J connectivity index is 6.19. The van der Waals surface area contributed by atoms with Crippen LogP contribution in [0, 0.1) is 23.7 Å². The van der Waals surface area contributed by atoms with Crippen molar-refractivity contribution in [2.75, 3.05) is 11.8 Å². The van der Waals surface area contributed by atoms with Gasteiger partial charge in [-0.1, -0.05) is 92.8 Å². The van der Waals surface area contributed by atoms with Crippen molar-refractivity contribution in [3.63, 3.8) is 0 Å². The molecule has 0 rings (SSSR count). The molecule has 0 aliphatic rings. The van der Waals surface area contributed by atoms with Crippen LogP contribution >= 0.6 is 139 Å². The van der Waals surface area contributed by atoms with Crippen molar-refractivity contribution >= 4 is 163 Å². The van der Waals surface area contributed by atoms with E-state index in [1.54, 1.807) is 0 Å². The second kappa shape index (κ2) is 17.8. The van der Waals surface area contributed by atoms with Crippen LogP contribution < -0.4 is 0 Å². The Morgan fingerprint density at radius 2 is 0.838 bits per heavy atom. The maximum atomic E-state index is 12.8. The second-order valence-electron chi connectivity index (χ2n) is 6.79. The van der Waals surface area contributed by atoms with Crippen molar-refractivity contribution in [1.82, 2.24) is 0 Å². The number of alkyl halides is 8. The molecule has 0 saturated heterocycles. The number of halogens is 12. The fourth-order valence-corrected chi connectivity index (χ4v) is 5.62. The molecule has 0 heterocycles.